The standard InChI is InChI=1S/C25H24Cl2N2O5S/c1-25(2,34-22(30)12-28-27)14-33-19-9-8-18(11-20(19)32-3)29-13-16-10-21(35-23(16)24(29)31)15-4-6-17(26)7-5-15/h4-11,28H,12-14H2,1-3H3. The number of thiophene rings is 1. The number of amides is 1. The average Bonchev–Trinajstić information content (AvgIpc) is 3.37. The second kappa shape index (κ2) is 10.5. The van der Waals surface area contributed by atoms with Crippen molar-refractivity contribution < 1.29 is 23.8 Å². The number of nitrogens with one attached hydrogen (secondary N) is 1. The number of esters is 1. The maximum absolute atomic E-state index is 13.2. The summed E-state index contributed by atoms with van der Waals surface area (Å²) in [6.07, 6.45) is 0. The number of methoxy groups -OCH3 is 1. The van der Waals surface area contributed by atoms with Crippen molar-refractivity contribution in [3.05, 3.63) is 64.0 Å². The largest absolute Gasteiger partial charge is 0.493 e. The normalized spacial score (nSPS) is 13.1. The summed E-state index contributed by atoms with van der Waals surface area (Å²) in [5, 5.41) is 0.676. The molecule has 7 nitrogen and oxygen atoms in total. The number of benzene rings is 2. The van der Waals surface area contributed by atoms with Crippen LogP contribution < -0.4 is 19.2 Å². The Morgan fingerprint density at radius 1 is 1.14 bits per heavy atom. The quantitative estimate of drug-likeness (QED) is 0.281. The number of fused-ring (bicyclic) bond motifs is 1. The molecule has 0 fully saturated rings. The highest BCUT2D eigenvalue weighted by molar-refractivity contribution is 7.17. The summed E-state index contributed by atoms with van der Waals surface area (Å²) in [5.74, 6) is 0.399. The number of rotatable bonds is 9. The van der Waals surface area contributed by atoms with Gasteiger partial charge in [0.25, 0.3) is 5.91 Å². The van der Waals surface area contributed by atoms with Gasteiger partial charge in [-0.1, -0.05) is 23.7 Å². The van der Waals surface area contributed by atoms with E-state index in [0.717, 1.165) is 20.9 Å². The lowest BCUT2D eigenvalue weighted by molar-refractivity contribution is -0.157. The van der Waals surface area contributed by atoms with Gasteiger partial charge in [0.2, 0.25) is 0 Å². The van der Waals surface area contributed by atoms with Gasteiger partial charge in [0.1, 0.15) is 18.8 Å². The van der Waals surface area contributed by atoms with Crippen molar-refractivity contribution in [3.8, 4) is 21.9 Å². The Bertz CT molecular complexity index is 1240. The molecule has 0 spiro atoms. The zero-order chi connectivity index (χ0) is 25.2. The van der Waals surface area contributed by atoms with Gasteiger partial charge in [-0.2, -0.15) is 0 Å². The molecule has 10 heteroatoms. The molecule has 0 unspecified atom stereocenters. The van der Waals surface area contributed by atoms with Gasteiger partial charge < -0.3 is 19.1 Å². The van der Waals surface area contributed by atoms with Gasteiger partial charge in [0.15, 0.2) is 11.5 Å². The zero-order valence-corrected chi connectivity index (χ0v) is 21.7. The third-order valence-electron chi connectivity index (χ3n) is 5.34. The summed E-state index contributed by atoms with van der Waals surface area (Å²) < 4.78 is 16.7. The van der Waals surface area contributed by atoms with E-state index in [9.17, 15) is 9.59 Å². The van der Waals surface area contributed by atoms with Crippen molar-refractivity contribution in [2.24, 2.45) is 0 Å². The second-order valence-corrected chi connectivity index (χ2v) is 10.3. The lowest BCUT2D eigenvalue weighted by Gasteiger charge is -2.26. The van der Waals surface area contributed by atoms with Gasteiger partial charge >= 0.3 is 5.97 Å². The number of nitrogens with zero attached hydrogens (tertiary/aromatic N) is 1. The Kier molecular flexibility index (Phi) is 7.56. The van der Waals surface area contributed by atoms with Crippen molar-refractivity contribution >= 4 is 52.3 Å². The summed E-state index contributed by atoms with van der Waals surface area (Å²) in [6, 6.07) is 15.0. The molecule has 35 heavy (non-hydrogen) atoms. The van der Waals surface area contributed by atoms with E-state index in [1.807, 2.05) is 30.3 Å². The number of carbonyl (C=O) groups excluding carboxylic acids is 2. The van der Waals surface area contributed by atoms with Crippen molar-refractivity contribution in [2.75, 3.05) is 25.2 Å². The number of halogens is 2. The van der Waals surface area contributed by atoms with E-state index in [1.165, 1.54) is 18.4 Å². The summed E-state index contributed by atoms with van der Waals surface area (Å²) in [6.45, 7) is 3.93. The summed E-state index contributed by atoms with van der Waals surface area (Å²) in [5.41, 5.74) is 1.84. The molecule has 0 saturated carbocycles. The van der Waals surface area contributed by atoms with Gasteiger partial charge in [-0.05, 0) is 67.1 Å². The molecule has 2 aromatic carbocycles. The van der Waals surface area contributed by atoms with Gasteiger partial charge in [0.05, 0.1) is 18.5 Å². The highest BCUT2D eigenvalue weighted by atomic mass is 35.5. The van der Waals surface area contributed by atoms with Crippen LogP contribution >= 0.6 is 34.7 Å². The van der Waals surface area contributed by atoms with Crippen LogP contribution in [0.3, 0.4) is 0 Å². The Balaban J connectivity index is 1.46. The summed E-state index contributed by atoms with van der Waals surface area (Å²) in [4.78, 5) is 30.6. The maximum Gasteiger partial charge on any atom is 0.321 e. The minimum Gasteiger partial charge on any atom is -0.493 e. The van der Waals surface area contributed by atoms with Crippen LogP contribution in [0.15, 0.2) is 48.5 Å². The van der Waals surface area contributed by atoms with E-state index in [2.05, 4.69) is 10.9 Å². The van der Waals surface area contributed by atoms with Gasteiger partial charge in [0, 0.05) is 21.7 Å². The first-order valence-electron chi connectivity index (χ1n) is 10.8. The van der Waals surface area contributed by atoms with Crippen molar-refractivity contribution in [1.82, 2.24) is 4.84 Å². The molecule has 4 rings (SSSR count). The molecule has 1 amide bonds. The molecule has 0 atom stereocenters. The molecule has 3 aromatic rings. The lowest BCUT2D eigenvalue weighted by Crippen LogP contribution is -2.37. The molecule has 184 valence electrons. The monoisotopic (exact) mass is 534 g/mol. The number of hydrogen-bond acceptors (Lipinski definition) is 7. The van der Waals surface area contributed by atoms with E-state index in [4.69, 9.17) is 37.6 Å². The van der Waals surface area contributed by atoms with Crippen LogP contribution in [0, 0.1) is 0 Å². The zero-order valence-electron chi connectivity index (χ0n) is 19.4. The summed E-state index contributed by atoms with van der Waals surface area (Å²) >= 11 is 12.8. The Labute approximate surface area is 217 Å². The third-order valence-corrected chi connectivity index (χ3v) is 6.94. The number of hydrogen-bond donors (Lipinski definition) is 1. The van der Waals surface area contributed by atoms with Crippen LogP contribution in [-0.4, -0.2) is 37.7 Å². The van der Waals surface area contributed by atoms with Crippen LogP contribution in [0.4, 0.5) is 5.69 Å². The van der Waals surface area contributed by atoms with E-state index in [1.54, 1.807) is 30.9 Å². The molecule has 1 N–H and O–H groups in total. The topological polar surface area (TPSA) is 77.1 Å². The molecule has 1 aromatic heterocycles. The summed E-state index contributed by atoms with van der Waals surface area (Å²) in [7, 11) is 1.53. The van der Waals surface area contributed by atoms with Gasteiger partial charge in [-0.15, -0.1) is 11.3 Å². The smallest absolute Gasteiger partial charge is 0.321 e. The first kappa shape index (κ1) is 25.3. The van der Waals surface area contributed by atoms with Crippen LogP contribution in [-0.2, 0) is 16.1 Å². The molecule has 0 radical (unpaired) electrons. The van der Waals surface area contributed by atoms with Crippen LogP contribution in [0.1, 0.15) is 29.1 Å². The number of anilines is 1. The van der Waals surface area contributed by atoms with E-state index < -0.39 is 11.6 Å². The molecule has 1 aliphatic heterocycles. The first-order chi connectivity index (χ1) is 16.7. The SMILES string of the molecule is COc1cc(N2Cc3cc(-c4ccc(Cl)cc4)sc3C2=O)ccc1OCC(C)(C)OC(=O)CNCl. The first-order valence-corrected chi connectivity index (χ1v) is 12.3. The molecule has 0 saturated heterocycles. The predicted molar refractivity (Wildman–Crippen MR) is 138 cm³/mol. The van der Waals surface area contributed by atoms with Crippen LogP contribution in [0.2, 0.25) is 5.02 Å². The molecular formula is C25H24Cl2N2O5S. The molecular weight excluding hydrogens is 511 g/mol. The Morgan fingerprint density at radius 3 is 2.54 bits per heavy atom. The van der Waals surface area contributed by atoms with E-state index in [-0.39, 0.29) is 19.1 Å². The third kappa shape index (κ3) is 5.73. The molecule has 0 aliphatic carbocycles. The minimum atomic E-state index is -0.879. The van der Waals surface area contributed by atoms with E-state index in [0.29, 0.717) is 28.8 Å². The number of carbonyl (C=O) groups is 2. The van der Waals surface area contributed by atoms with Crippen molar-refractivity contribution in [2.45, 2.75) is 26.0 Å². The molecule has 0 bridgehead atoms. The highest BCUT2D eigenvalue weighted by Gasteiger charge is 2.32. The Hall–Kier alpha value is -2.78. The predicted octanol–water partition coefficient (Wildman–Crippen LogP) is 5.68. The molecule has 2 heterocycles. The second-order valence-electron chi connectivity index (χ2n) is 8.53. The van der Waals surface area contributed by atoms with Crippen molar-refractivity contribution in [1.29, 1.82) is 0 Å². The van der Waals surface area contributed by atoms with E-state index >= 15 is 0 Å². The van der Waals surface area contributed by atoms with Crippen molar-refractivity contribution in [3.63, 3.8) is 0 Å². The fraction of sp³-hybridized carbons (Fsp3) is 0.280. The highest BCUT2D eigenvalue weighted by Crippen LogP contribution is 2.40. The van der Waals surface area contributed by atoms with Crippen LogP contribution in [0.5, 0.6) is 11.5 Å². The molecule has 1 aliphatic rings. The fourth-order valence-corrected chi connectivity index (χ4v) is 5.04. The van der Waals surface area contributed by atoms with Crippen LogP contribution in [0.25, 0.3) is 10.4 Å². The lowest BCUT2D eigenvalue weighted by atomic mass is 10.1. The number of ether oxygens (including phenoxy) is 3. The Morgan fingerprint density at radius 2 is 1.89 bits per heavy atom. The van der Waals surface area contributed by atoms with Gasteiger partial charge in [-0.25, -0.2) is 4.84 Å². The average molecular weight is 535 g/mol. The minimum absolute atomic E-state index is 0.0538. The fourth-order valence-electron chi connectivity index (χ4n) is 3.68. The van der Waals surface area contributed by atoms with Gasteiger partial charge in [-0.3, -0.25) is 9.59 Å². The maximum atomic E-state index is 13.2.